The molecule has 0 amide bonds. The zero-order valence-electron chi connectivity index (χ0n) is 6.78. The Kier molecular flexibility index (Phi) is 3.16. The summed E-state index contributed by atoms with van der Waals surface area (Å²) in [5.41, 5.74) is -0.273. The molecule has 0 spiro atoms. The van der Waals surface area contributed by atoms with Crippen LogP contribution in [0.25, 0.3) is 6.08 Å². The first kappa shape index (κ1) is 11.0. The lowest BCUT2D eigenvalue weighted by Crippen LogP contribution is -2.05. The van der Waals surface area contributed by atoms with Gasteiger partial charge in [0.1, 0.15) is 5.82 Å². The van der Waals surface area contributed by atoms with E-state index < -0.39 is 17.0 Å². The van der Waals surface area contributed by atoms with E-state index in [9.17, 15) is 17.6 Å². The molecule has 1 aromatic rings. The maximum Gasteiger partial charge on any atom is 0.373 e. The van der Waals surface area contributed by atoms with Gasteiger partial charge in [-0.15, -0.1) is 0 Å². The van der Waals surface area contributed by atoms with E-state index in [1.54, 1.807) is 0 Å². The molecule has 0 atom stereocenters. The van der Waals surface area contributed by atoms with Gasteiger partial charge in [-0.05, 0) is 23.7 Å². The average Bonchev–Trinajstić information content (AvgIpc) is 2.07. The van der Waals surface area contributed by atoms with Gasteiger partial charge in [0.2, 0.25) is 0 Å². The van der Waals surface area contributed by atoms with Crippen molar-refractivity contribution in [3.8, 4) is 0 Å². The van der Waals surface area contributed by atoms with Gasteiger partial charge in [-0.25, -0.2) is 8.78 Å². The number of rotatable bonds is 2. The molecule has 1 aromatic carbocycles. The molecule has 0 nitrogen and oxygen atoms in total. The monoisotopic (exact) mass is 224 g/mol. The van der Waals surface area contributed by atoms with Crippen LogP contribution in [0.3, 0.4) is 0 Å². The van der Waals surface area contributed by atoms with E-state index in [1.807, 2.05) is 0 Å². The Bertz CT molecular complexity index is 354. The van der Waals surface area contributed by atoms with Crippen LogP contribution in [0.2, 0.25) is 0 Å². The summed E-state index contributed by atoms with van der Waals surface area (Å²) in [6.07, 6.45) is 0.363. The predicted molar refractivity (Wildman–Crippen MR) is 46.3 cm³/mol. The lowest BCUT2D eigenvalue weighted by molar-refractivity contribution is 0.112. The molecule has 1 rings (SSSR count). The molecule has 0 saturated carbocycles. The summed E-state index contributed by atoms with van der Waals surface area (Å²) < 4.78 is 49.7. The SMILES string of the molecule is F/C(=C/c1ccccc1F)C(F)(F)Cl. The van der Waals surface area contributed by atoms with Crippen molar-refractivity contribution in [2.24, 2.45) is 0 Å². The minimum Gasteiger partial charge on any atom is -0.206 e. The Labute approximate surface area is 82.8 Å². The third-order valence-electron chi connectivity index (χ3n) is 1.46. The minimum absolute atomic E-state index is 0.273. The Balaban J connectivity index is 3.04. The van der Waals surface area contributed by atoms with E-state index in [0.29, 0.717) is 6.08 Å². The summed E-state index contributed by atoms with van der Waals surface area (Å²) in [6, 6.07) is 4.96. The maximum atomic E-state index is 12.8. The number of benzene rings is 1. The van der Waals surface area contributed by atoms with Crippen LogP contribution in [0.5, 0.6) is 0 Å². The molecule has 0 heterocycles. The van der Waals surface area contributed by atoms with Crippen LogP contribution in [-0.4, -0.2) is 5.38 Å². The molecule has 0 N–H and O–H groups in total. The predicted octanol–water partition coefficient (Wildman–Crippen LogP) is 3.97. The Morgan fingerprint density at radius 2 is 1.86 bits per heavy atom. The smallest absolute Gasteiger partial charge is 0.206 e. The number of allylic oxidation sites excluding steroid dienone is 1. The number of hydrogen-bond acceptors (Lipinski definition) is 0. The Hall–Kier alpha value is -1.03. The fraction of sp³-hybridized carbons (Fsp3) is 0.111. The van der Waals surface area contributed by atoms with E-state index in [0.717, 1.165) is 12.1 Å². The molecule has 0 bridgehead atoms. The zero-order valence-corrected chi connectivity index (χ0v) is 7.53. The van der Waals surface area contributed by atoms with Gasteiger partial charge < -0.3 is 0 Å². The summed E-state index contributed by atoms with van der Waals surface area (Å²) in [5.74, 6) is -2.67. The minimum atomic E-state index is -4.09. The van der Waals surface area contributed by atoms with E-state index in [1.165, 1.54) is 12.1 Å². The van der Waals surface area contributed by atoms with Crippen molar-refractivity contribution < 1.29 is 17.6 Å². The van der Waals surface area contributed by atoms with Crippen molar-refractivity contribution in [1.82, 2.24) is 0 Å². The van der Waals surface area contributed by atoms with Crippen molar-refractivity contribution in [1.29, 1.82) is 0 Å². The van der Waals surface area contributed by atoms with Crippen molar-refractivity contribution in [2.75, 3.05) is 0 Å². The first-order valence-corrected chi connectivity index (χ1v) is 3.98. The van der Waals surface area contributed by atoms with Crippen LogP contribution in [0.1, 0.15) is 5.56 Å². The van der Waals surface area contributed by atoms with Gasteiger partial charge in [-0.3, -0.25) is 0 Å². The molecule has 0 aliphatic rings. The van der Waals surface area contributed by atoms with Crippen molar-refractivity contribution in [2.45, 2.75) is 5.38 Å². The van der Waals surface area contributed by atoms with Gasteiger partial charge in [-0.2, -0.15) is 8.78 Å². The summed E-state index contributed by atoms with van der Waals surface area (Å²) in [6.45, 7) is 0. The largest absolute Gasteiger partial charge is 0.373 e. The summed E-state index contributed by atoms with van der Waals surface area (Å²) in [5, 5.41) is -4.09. The van der Waals surface area contributed by atoms with E-state index in [-0.39, 0.29) is 5.56 Å². The van der Waals surface area contributed by atoms with Crippen LogP contribution in [-0.2, 0) is 0 Å². The van der Waals surface area contributed by atoms with E-state index >= 15 is 0 Å². The van der Waals surface area contributed by atoms with E-state index in [4.69, 9.17) is 0 Å². The highest BCUT2D eigenvalue weighted by Crippen LogP contribution is 2.31. The number of halogens is 5. The first-order chi connectivity index (χ1) is 6.41. The molecule has 0 saturated heterocycles. The molecule has 0 radical (unpaired) electrons. The highest BCUT2D eigenvalue weighted by molar-refractivity contribution is 6.23. The Morgan fingerprint density at radius 3 is 2.36 bits per heavy atom. The second-order valence-corrected chi connectivity index (χ2v) is 2.99. The highest BCUT2D eigenvalue weighted by atomic mass is 35.5. The highest BCUT2D eigenvalue weighted by Gasteiger charge is 2.31. The van der Waals surface area contributed by atoms with Crippen LogP contribution >= 0.6 is 11.6 Å². The zero-order chi connectivity index (χ0) is 10.8. The lowest BCUT2D eigenvalue weighted by atomic mass is 10.2. The normalized spacial score (nSPS) is 13.1. The van der Waals surface area contributed by atoms with E-state index in [2.05, 4.69) is 11.6 Å². The fourth-order valence-electron chi connectivity index (χ4n) is 0.811. The number of hydrogen-bond donors (Lipinski definition) is 0. The van der Waals surface area contributed by atoms with Gasteiger partial charge in [0.05, 0.1) is 0 Å². The van der Waals surface area contributed by atoms with Crippen LogP contribution in [0, 0.1) is 5.82 Å². The Morgan fingerprint density at radius 1 is 1.29 bits per heavy atom. The summed E-state index contributed by atoms with van der Waals surface area (Å²) in [7, 11) is 0. The first-order valence-electron chi connectivity index (χ1n) is 3.60. The molecule has 0 fully saturated rings. The van der Waals surface area contributed by atoms with Gasteiger partial charge in [-0.1, -0.05) is 18.2 Å². The topological polar surface area (TPSA) is 0 Å². The molecular weight excluding hydrogens is 220 g/mol. The summed E-state index contributed by atoms with van der Waals surface area (Å²) >= 11 is 4.39. The lowest BCUT2D eigenvalue weighted by Gasteiger charge is -2.04. The van der Waals surface area contributed by atoms with Crippen molar-refractivity contribution in [3.05, 3.63) is 41.5 Å². The standard InChI is InChI=1S/C9H5ClF4/c10-9(13,14)8(12)5-6-3-1-2-4-7(6)11/h1-5H/b8-5+. The third kappa shape index (κ3) is 2.73. The van der Waals surface area contributed by atoms with Gasteiger partial charge in [0, 0.05) is 5.56 Å². The number of alkyl halides is 3. The quantitative estimate of drug-likeness (QED) is 0.527. The fourth-order valence-corrected chi connectivity index (χ4v) is 0.865. The van der Waals surface area contributed by atoms with Gasteiger partial charge >= 0.3 is 5.38 Å². The maximum absolute atomic E-state index is 12.8. The third-order valence-corrected chi connectivity index (χ3v) is 1.64. The molecule has 0 aliphatic heterocycles. The van der Waals surface area contributed by atoms with Crippen LogP contribution < -0.4 is 0 Å². The van der Waals surface area contributed by atoms with Crippen molar-refractivity contribution in [3.63, 3.8) is 0 Å². The van der Waals surface area contributed by atoms with Crippen LogP contribution in [0.15, 0.2) is 30.1 Å². The van der Waals surface area contributed by atoms with Gasteiger partial charge in [0.25, 0.3) is 0 Å². The van der Waals surface area contributed by atoms with Crippen LogP contribution in [0.4, 0.5) is 17.6 Å². The molecule has 0 unspecified atom stereocenters. The van der Waals surface area contributed by atoms with Crippen molar-refractivity contribution >= 4 is 17.7 Å². The van der Waals surface area contributed by atoms with Gasteiger partial charge in [0.15, 0.2) is 5.83 Å². The molecular formula is C9H5ClF4. The average molecular weight is 225 g/mol. The molecule has 5 heteroatoms. The molecule has 0 aromatic heterocycles. The molecule has 14 heavy (non-hydrogen) atoms. The second-order valence-electron chi connectivity index (χ2n) is 2.51. The molecule has 0 aliphatic carbocycles. The summed E-state index contributed by atoms with van der Waals surface area (Å²) in [4.78, 5) is 0. The molecule has 76 valence electrons. The second kappa shape index (κ2) is 4.00.